The summed E-state index contributed by atoms with van der Waals surface area (Å²) in [7, 11) is 0. The molecule has 0 spiro atoms. The van der Waals surface area contributed by atoms with Gasteiger partial charge in [-0.2, -0.15) is 13.2 Å². The van der Waals surface area contributed by atoms with Gasteiger partial charge in [-0.25, -0.2) is 9.97 Å². The van der Waals surface area contributed by atoms with Gasteiger partial charge >= 0.3 is 6.18 Å². The number of benzene rings is 1. The highest BCUT2D eigenvalue weighted by Gasteiger charge is 2.32. The highest BCUT2D eigenvalue weighted by molar-refractivity contribution is 6.05. The van der Waals surface area contributed by atoms with Crippen molar-refractivity contribution in [3.8, 4) is 0 Å². The van der Waals surface area contributed by atoms with Crippen LogP contribution in [0.1, 0.15) is 57.9 Å². The number of hydrogen-bond donors (Lipinski definition) is 2. The predicted octanol–water partition coefficient (Wildman–Crippen LogP) is 3.58. The standard InChI is InChI=1S/C21H19F3N6O2/c1-10(4-17(31)19-13(8-25)20(26)28-9-27-19)18-7-16(30-32-18)15-6-11-5-12(21(22,23)24)2-3-14(11)29-15/h2-3,5,7,9-10H,4,6,8,25H2,1H3,(H2,26,27,28)/t10-/m1/s1. The number of nitrogens with zero attached hydrogens (tertiary/aromatic N) is 4. The van der Waals surface area contributed by atoms with Gasteiger partial charge in [-0.3, -0.25) is 9.79 Å². The van der Waals surface area contributed by atoms with Crippen molar-refractivity contribution in [1.82, 2.24) is 15.1 Å². The topological polar surface area (TPSA) is 133 Å². The summed E-state index contributed by atoms with van der Waals surface area (Å²) >= 11 is 0. The van der Waals surface area contributed by atoms with Gasteiger partial charge in [0, 0.05) is 36.9 Å². The second-order valence-electron chi connectivity index (χ2n) is 7.51. The van der Waals surface area contributed by atoms with Gasteiger partial charge < -0.3 is 16.0 Å². The first-order valence-electron chi connectivity index (χ1n) is 9.74. The fourth-order valence-electron chi connectivity index (χ4n) is 3.53. The molecule has 0 aliphatic carbocycles. The zero-order valence-electron chi connectivity index (χ0n) is 17.0. The first-order chi connectivity index (χ1) is 15.2. The van der Waals surface area contributed by atoms with E-state index in [0.717, 1.165) is 12.1 Å². The molecule has 11 heteroatoms. The van der Waals surface area contributed by atoms with Gasteiger partial charge in [0.2, 0.25) is 0 Å². The summed E-state index contributed by atoms with van der Waals surface area (Å²) in [5.41, 5.74) is 13.1. The third-order valence-electron chi connectivity index (χ3n) is 5.27. The number of ketones is 1. The molecule has 1 aliphatic rings. The van der Waals surface area contributed by atoms with Crippen LogP contribution in [0, 0.1) is 0 Å². The van der Waals surface area contributed by atoms with Crippen molar-refractivity contribution >= 4 is 23.0 Å². The van der Waals surface area contributed by atoms with Gasteiger partial charge in [-0.05, 0) is 23.8 Å². The van der Waals surface area contributed by atoms with Crippen LogP contribution < -0.4 is 11.5 Å². The Labute approximate surface area is 180 Å². The Balaban J connectivity index is 1.48. The molecule has 0 unspecified atom stereocenters. The lowest BCUT2D eigenvalue weighted by molar-refractivity contribution is -0.137. The molecule has 0 amide bonds. The molecule has 0 radical (unpaired) electrons. The lowest BCUT2D eigenvalue weighted by Gasteiger charge is -2.10. The largest absolute Gasteiger partial charge is 0.416 e. The Morgan fingerprint density at radius 2 is 2.03 bits per heavy atom. The molecule has 3 heterocycles. The van der Waals surface area contributed by atoms with Crippen molar-refractivity contribution in [2.45, 2.75) is 38.4 Å². The number of nitrogens with two attached hydrogens (primary N) is 2. The Hall–Kier alpha value is -3.60. The van der Waals surface area contributed by atoms with Gasteiger partial charge in [0.25, 0.3) is 0 Å². The van der Waals surface area contributed by atoms with Crippen molar-refractivity contribution < 1.29 is 22.5 Å². The predicted molar refractivity (Wildman–Crippen MR) is 110 cm³/mol. The van der Waals surface area contributed by atoms with Gasteiger partial charge in [0.05, 0.1) is 17.0 Å². The molecular formula is C21H19F3N6O2. The summed E-state index contributed by atoms with van der Waals surface area (Å²) in [5, 5.41) is 4.00. The number of carbonyl (C=O) groups excluding carboxylic acids is 1. The zero-order chi connectivity index (χ0) is 23.0. The van der Waals surface area contributed by atoms with Crippen molar-refractivity contribution in [2.75, 3.05) is 5.73 Å². The maximum Gasteiger partial charge on any atom is 0.416 e. The van der Waals surface area contributed by atoms with Crippen molar-refractivity contribution in [2.24, 2.45) is 10.7 Å². The third kappa shape index (κ3) is 4.11. The summed E-state index contributed by atoms with van der Waals surface area (Å²) in [6.07, 6.45) is -2.93. The summed E-state index contributed by atoms with van der Waals surface area (Å²) in [4.78, 5) is 24.9. The molecule has 32 heavy (non-hydrogen) atoms. The number of alkyl halides is 3. The average Bonchev–Trinajstić information content (AvgIpc) is 3.39. The summed E-state index contributed by atoms with van der Waals surface area (Å²) in [6.45, 7) is 1.82. The van der Waals surface area contributed by atoms with Crippen LogP contribution >= 0.6 is 0 Å². The molecular weight excluding hydrogens is 425 g/mol. The van der Waals surface area contributed by atoms with Crippen LogP contribution in [0.25, 0.3) is 0 Å². The number of anilines is 1. The molecule has 3 aromatic rings. The lowest BCUT2D eigenvalue weighted by Crippen LogP contribution is -2.15. The average molecular weight is 444 g/mol. The molecule has 1 atom stereocenters. The van der Waals surface area contributed by atoms with E-state index in [2.05, 4.69) is 20.1 Å². The molecule has 0 saturated carbocycles. The molecule has 0 saturated heterocycles. The van der Waals surface area contributed by atoms with Crippen LogP contribution in [-0.4, -0.2) is 26.6 Å². The molecule has 166 valence electrons. The Bertz CT molecular complexity index is 1220. The highest BCUT2D eigenvalue weighted by Crippen LogP contribution is 2.36. The molecule has 1 aromatic carbocycles. The van der Waals surface area contributed by atoms with Gasteiger partial charge in [0.1, 0.15) is 29.3 Å². The van der Waals surface area contributed by atoms with E-state index in [1.165, 1.54) is 12.4 Å². The van der Waals surface area contributed by atoms with Crippen LogP contribution in [0.15, 0.2) is 40.1 Å². The number of Topliss-reactive ketones (excluding diaryl/α,β-unsaturated/α-hetero) is 1. The SMILES string of the molecule is C[C@H](CC(=O)c1ncnc(N)c1CN)c1cc(C2=Nc3ccc(C(F)(F)F)cc3C2)no1. The van der Waals surface area contributed by atoms with Gasteiger partial charge in [-0.15, -0.1) is 0 Å². The number of hydrogen-bond acceptors (Lipinski definition) is 8. The second kappa shape index (κ2) is 8.15. The maximum absolute atomic E-state index is 13.0. The van der Waals surface area contributed by atoms with E-state index in [0.29, 0.717) is 34.0 Å². The minimum Gasteiger partial charge on any atom is -0.383 e. The van der Waals surface area contributed by atoms with E-state index in [-0.39, 0.29) is 42.6 Å². The first kappa shape index (κ1) is 21.6. The zero-order valence-corrected chi connectivity index (χ0v) is 17.0. The molecule has 2 aromatic heterocycles. The summed E-state index contributed by atoms with van der Waals surface area (Å²) in [5.74, 6) is -0.00525. The van der Waals surface area contributed by atoms with Gasteiger partial charge in [0.15, 0.2) is 5.78 Å². The highest BCUT2D eigenvalue weighted by atomic mass is 19.4. The monoisotopic (exact) mass is 444 g/mol. The summed E-state index contributed by atoms with van der Waals surface area (Å²) < 4.78 is 44.2. The van der Waals surface area contributed by atoms with E-state index in [1.54, 1.807) is 13.0 Å². The third-order valence-corrected chi connectivity index (χ3v) is 5.27. The van der Waals surface area contributed by atoms with Crippen molar-refractivity contribution in [3.05, 3.63) is 64.4 Å². The lowest BCUT2D eigenvalue weighted by atomic mass is 9.97. The Morgan fingerprint density at radius 3 is 2.75 bits per heavy atom. The number of carbonyl (C=O) groups is 1. The fraction of sp³-hybridized carbons (Fsp3) is 0.286. The Morgan fingerprint density at radius 1 is 1.25 bits per heavy atom. The fourth-order valence-corrected chi connectivity index (χ4v) is 3.53. The van der Waals surface area contributed by atoms with Crippen LogP contribution in [0.2, 0.25) is 0 Å². The minimum atomic E-state index is -4.42. The smallest absolute Gasteiger partial charge is 0.383 e. The molecule has 1 aliphatic heterocycles. The minimum absolute atomic E-state index is 0.0328. The Kier molecular flexibility index (Phi) is 5.51. The number of nitrogen functional groups attached to an aromatic ring is 1. The van der Waals surface area contributed by atoms with E-state index in [9.17, 15) is 18.0 Å². The molecule has 8 nitrogen and oxygen atoms in total. The number of fused-ring (bicyclic) bond motifs is 1. The second-order valence-corrected chi connectivity index (χ2v) is 7.51. The van der Waals surface area contributed by atoms with E-state index in [4.69, 9.17) is 16.0 Å². The normalized spacial score (nSPS) is 14.2. The number of aliphatic imine (C=N–C) groups is 1. The molecule has 0 bridgehead atoms. The van der Waals surface area contributed by atoms with E-state index < -0.39 is 11.7 Å². The van der Waals surface area contributed by atoms with Crippen LogP contribution in [-0.2, 0) is 19.1 Å². The molecule has 4 N–H and O–H groups in total. The van der Waals surface area contributed by atoms with Crippen LogP contribution in [0.3, 0.4) is 0 Å². The first-order valence-corrected chi connectivity index (χ1v) is 9.74. The van der Waals surface area contributed by atoms with Crippen LogP contribution in [0.5, 0.6) is 0 Å². The van der Waals surface area contributed by atoms with Crippen molar-refractivity contribution in [3.63, 3.8) is 0 Å². The van der Waals surface area contributed by atoms with Crippen molar-refractivity contribution in [1.29, 1.82) is 0 Å². The van der Waals surface area contributed by atoms with Crippen LogP contribution in [0.4, 0.5) is 24.7 Å². The van der Waals surface area contributed by atoms with Gasteiger partial charge in [-0.1, -0.05) is 12.1 Å². The molecule has 0 fully saturated rings. The summed E-state index contributed by atoms with van der Waals surface area (Å²) in [6, 6.07) is 5.08. The molecule has 4 rings (SSSR count). The number of aromatic nitrogens is 3. The van der Waals surface area contributed by atoms with E-state index in [1.807, 2.05) is 0 Å². The number of rotatable bonds is 6. The maximum atomic E-state index is 13.0. The van der Waals surface area contributed by atoms with E-state index >= 15 is 0 Å². The number of halogens is 3. The quantitative estimate of drug-likeness (QED) is 0.555.